The van der Waals surface area contributed by atoms with E-state index in [0.717, 1.165) is 28.8 Å². The summed E-state index contributed by atoms with van der Waals surface area (Å²) in [5.74, 6) is 0. The van der Waals surface area contributed by atoms with Crippen LogP contribution >= 0.6 is 15.9 Å². The summed E-state index contributed by atoms with van der Waals surface area (Å²) >= 11 is 3.54. The van der Waals surface area contributed by atoms with E-state index in [-0.39, 0.29) is 12.6 Å². The highest BCUT2D eigenvalue weighted by atomic mass is 79.9. The summed E-state index contributed by atoms with van der Waals surface area (Å²) < 4.78 is 2.98. The van der Waals surface area contributed by atoms with E-state index in [0.29, 0.717) is 6.42 Å². The van der Waals surface area contributed by atoms with Gasteiger partial charge in [0, 0.05) is 19.0 Å². The molecule has 0 bridgehead atoms. The number of aryl methyl sites for hydroxylation is 2. The molecule has 0 aliphatic rings. The minimum absolute atomic E-state index is 0.00277. The van der Waals surface area contributed by atoms with Crippen molar-refractivity contribution in [3.05, 3.63) is 15.9 Å². The third kappa shape index (κ3) is 2.80. The fraction of sp³-hybridized carbons (Fsp3) is 0.700. The monoisotopic (exact) mass is 275 g/mol. The second-order valence-corrected chi connectivity index (χ2v) is 4.32. The standard InChI is InChI=1S/C10H18BrN3O/c1-3-8-10(11)9(5-7(12)6-15)14(4-2)13-8/h7,15H,3-6,12H2,1-2H3. The molecule has 0 aromatic carbocycles. The van der Waals surface area contributed by atoms with Crippen molar-refractivity contribution in [2.45, 2.75) is 39.3 Å². The highest BCUT2D eigenvalue weighted by Crippen LogP contribution is 2.23. The van der Waals surface area contributed by atoms with E-state index in [9.17, 15) is 0 Å². The number of rotatable bonds is 5. The summed E-state index contributed by atoms with van der Waals surface area (Å²) in [6.07, 6.45) is 1.55. The highest BCUT2D eigenvalue weighted by Gasteiger charge is 2.15. The smallest absolute Gasteiger partial charge is 0.0766 e. The zero-order valence-corrected chi connectivity index (χ0v) is 10.8. The molecular weight excluding hydrogens is 258 g/mol. The van der Waals surface area contributed by atoms with Gasteiger partial charge < -0.3 is 10.8 Å². The van der Waals surface area contributed by atoms with Gasteiger partial charge in [-0.25, -0.2) is 0 Å². The van der Waals surface area contributed by atoms with Crippen molar-refractivity contribution in [2.75, 3.05) is 6.61 Å². The van der Waals surface area contributed by atoms with Crippen molar-refractivity contribution in [1.29, 1.82) is 0 Å². The molecule has 3 N–H and O–H groups in total. The maximum atomic E-state index is 8.94. The van der Waals surface area contributed by atoms with Crippen LogP contribution in [0, 0.1) is 0 Å². The molecule has 0 radical (unpaired) electrons. The van der Waals surface area contributed by atoms with Crippen LogP contribution in [0.5, 0.6) is 0 Å². The Morgan fingerprint density at radius 2 is 2.20 bits per heavy atom. The number of nitrogens with zero attached hydrogens (tertiary/aromatic N) is 2. The lowest BCUT2D eigenvalue weighted by Crippen LogP contribution is -2.28. The van der Waals surface area contributed by atoms with Crippen molar-refractivity contribution in [3.63, 3.8) is 0 Å². The molecule has 0 saturated heterocycles. The van der Waals surface area contributed by atoms with Crippen molar-refractivity contribution < 1.29 is 5.11 Å². The van der Waals surface area contributed by atoms with Crippen molar-refractivity contribution >= 4 is 15.9 Å². The van der Waals surface area contributed by atoms with Gasteiger partial charge in [-0.1, -0.05) is 6.92 Å². The molecular formula is C10H18BrN3O. The normalized spacial score (nSPS) is 13.1. The Bertz CT molecular complexity index is 325. The van der Waals surface area contributed by atoms with Gasteiger partial charge in [-0.15, -0.1) is 0 Å². The first-order chi connectivity index (χ1) is 7.13. The fourth-order valence-corrected chi connectivity index (χ4v) is 2.25. The van der Waals surface area contributed by atoms with Crippen LogP contribution in [-0.4, -0.2) is 27.5 Å². The van der Waals surface area contributed by atoms with Gasteiger partial charge in [0.05, 0.1) is 22.5 Å². The summed E-state index contributed by atoms with van der Waals surface area (Å²) in [6, 6.07) is -0.215. The first-order valence-corrected chi connectivity index (χ1v) is 6.03. The summed E-state index contributed by atoms with van der Waals surface area (Å²) in [7, 11) is 0. The predicted molar refractivity (Wildman–Crippen MR) is 63.7 cm³/mol. The van der Waals surface area contributed by atoms with Crippen LogP contribution in [0.25, 0.3) is 0 Å². The van der Waals surface area contributed by atoms with E-state index in [1.165, 1.54) is 0 Å². The van der Waals surface area contributed by atoms with Gasteiger partial charge in [0.25, 0.3) is 0 Å². The number of hydrogen-bond acceptors (Lipinski definition) is 3. The van der Waals surface area contributed by atoms with E-state index >= 15 is 0 Å². The lowest BCUT2D eigenvalue weighted by atomic mass is 10.1. The molecule has 5 heteroatoms. The third-order valence-corrected chi connectivity index (χ3v) is 3.30. The Labute approximate surface area is 98.6 Å². The van der Waals surface area contributed by atoms with Crippen LogP contribution in [0.2, 0.25) is 0 Å². The second-order valence-electron chi connectivity index (χ2n) is 3.52. The van der Waals surface area contributed by atoms with E-state index in [1.807, 2.05) is 11.6 Å². The Balaban J connectivity index is 2.97. The molecule has 1 aromatic heterocycles. The molecule has 15 heavy (non-hydrogen) atoms. The number of hydrogen-bond donors (Lipinski definition) is 2. The van der Waals surface area contributed by atoms with E-state index in [2.05, 4.69) is 28.0 Å². The number of nitrogens with two attached hydrogens (primary N) is 1. The van der Waals surface area contributed by atoms with Crippen molar-refractivity contribution in [2.24, 2.45) is 5.73 Å². The van der Waals surface area contributed by atoms with Gasteiger partial charge in [0.1, 0.15) is 0 Å². The first kappa shape index (κ1) is 12.7. The SMILES string of the molecule is CCc1nn(CC)c(CC(N)CO)c1Br. The summed E-state index contributed by atoms with van der Waals surface area (Å²) in [5, 5.41) is 13.4. The Morgan fingerprint density at radius 1 is 1.53 bits per heavy atom. The number of aliphatic hydroxyl groups is 1. The zero-order chi connectivity index (χ0) is 11.4. The molecule has 0 aliphatic heterocycles. The topological polar surface area (TPSA) is 64.1 Å². The summed E-state index contributed by atoms with van der Waals surface area (Å²) in [4.78, 5) is 0. The molecule has 86 valence electrons. The molecule has 0 amide bonds. The molecule has 0 aliphatic carbocycles. The average molecular weight is 276 g/mol. The van der Waals surface area contributed by atoms with Gasteiger partial charge >= 0.3 is 0 Å². The van der Waals surface area contributed by atoms with Gasteiger partial charge in [0.15, 0.2) is 0 Å². The van der Waals surface area contributed by atoms with Crippen LogP contribution in [0.1, 0.15) is 25.2 Å². The lowest BCUT2D eigenvalue weighted by molar-refractivity contribution is 0.263. The summed E-state index contributed by atoms with van der Waals surface area (Å²) in [5.41, 5.74) is 7.87. The van der Waals surface area contributed by atoms with E-state index < -0.39 is 0 Å². The maximum Gasteiger partial charge on any atom is 0.0766 e. The Kier molecular flexibility index (Phi) is 4.76. The molecule has 0 fully saturated rings. The molecule has 0 saturated carbocycles. The van der Waals surface area contributed by atoms with Crippen molar-refractivity contribution in [1.82, 2.24) is 9.78 Å². The Morgan fingerprint density at radius 3 is 2.67 bits per heavy atom. The molecule has 1 rings (SSSR count). The number of aliphatic hydroxyl groups excluding tert-OH is 1. The molecule has 0 spiro atoms. The first-order valence-electron chi connectivity index (χ1n) is 5.24. The van der Waals surface area contributed by atoms with E-state index in [4.69, 9.17) is 10.8 Å². The minimum Gasteiger partial charge on any atom is -0.395 e. The van der Waals surface area contributed by atoms with Gasteiger partial charge in [-0.05, 0) is 29.3 Å². The van der Waals surface area contributed by atoms with Crippen LogP contribution in [0.3, 0.4) is 0 Å². The fourth-order valence-electron chi connectivity index (χ4n) is 1.53. The maximum absolute atomic E-state index is 8.94. The van der Waals surface area contributed by atoms with Crippen molar-refractivity contribution in [3.8, 4) is 0 Å². The predicted octanol–water partition coefficient (Wildman–Crippen LogP) is 1.09. The molecule has 4 nitrogen and oxygen atoms in total. The Hall–Kier alpha value is -0.390. The van der Waals surface area contributed by atoms with Crippen LogP contribution < -0.4 is 5.73 Å². The molecule has 1 atom stereocenters. The van der Waals surface area contributed by atoms with Crippen LogP contribution in [0.15, 0.2) is 4.47 Å². The third-order valence-electron chi connectivity index (χ3n) is 2.38. The lowest BCUT2D eigenvalue weighted by Gasteiger charge is -2.09. The summed E-state index contributed by atoms with van der Waals surface area (Å²) in [6.45, 7) is 4.95. The van der Waals surface area contributed by atoms with Gasteiger partial charge in [0.2, 0.25) is 0 Å². The van der Waals surface area contributed by atoms with Gasteiger partial charge in [-0.2, -0.15) is 5.10 Å². The highest BCUT2D eigenvalue weighted by molar-refractivity contribution is 9.10. The quantitative estimate of drug-likeness (QED) is 0.846. The largest absolute Gasteiger partial charge is 0.395 e. The van der Waals surface area contributed by atoms with Crippen LogP contribution in [0.4, 0.5) is 0 Å². The average Bonchev–Trinajstić information content (AvgIpc) is 2.55. The molecule has 1 unspecified atom stereocenters. The van der Waals surface area contributed by atoms with Gasteiger partial charge in [-0.3, -0.25) is 4.68 Å². The second kappa shape index (κ2) is 5.63. The zero-order valence-electron chi connectivity index (χ0n) is 9.20. The van der Waals surface area contributed by atoms with E-state index in [1.54, 1.807) is 0 Å². The minimum atomic E-state index is -0.215. The van der Waals surface area contributed by atoms with Crippen LogP contribution in [-0.2, 0) is 19.4 Å². The molecule has 1 heterocycles. The molecule has 1 aromatic rings. The number of aromatic nitrogens is 2. The number of halogens is 1.